The van der Waals surface area contributed by atoms with Gasteiger partial charge in [-0.3, -0.25) is 0 Å². The second-order valence-corrected chi connectivity index (χ2v) is 6.58. The minimum atomic E-state index is -3.75. The molecule has 0 aliphatic rings. The van der Waals surface area contributed by atoms with Gasteiger partial charge in [-0.05, 0) is 23.8 Å². The molecule has 2 aromatic rings. The van der Waals surface area contributed by atoms with Crippen molar-refractivity contribution in [3.8, 4) is 0 Å². The van der Waals surface area contributed by atoms with Crippen LogP contribution in [-0.4, -0.2) is 8.42 Å². The highest BCUT2D eigenvalue weighted by Gasteiger charge is 2.19. The molecule has 108 valence electrons. The van der Waals surface area contributed by atoms with E-state index >= 15 is 0 Å². The fraction of sp³-hybridized carbons (Fsp3) is 0.167. The fourth-order valence-corrected chi connectivity index (χ4v) is 3.47. The third-order valence-electron chi connectivity index (χ3n) is 2.66. The van der Waals surface area contributed by atoms with Crippen LogP contribution in [-0.2, 0) is 23.1 Å². The van der Waals surface area contributed by atoms with Gasteiger partial charge in [-0.2, -0.15) is 0 Å². The fourth-order valence-electron chi connectivity index (χ4n) is 1.58. The standard InChI is InChI=1S/C12H12Cl2N2O3S/c13-10-4-11(14)12(3-9(10)5-15)20(17,18)16-6-8-1-2-19-7-8/h1-4,7,16H,5-6,15H2. The summed E-state index contributed by atoms with van der Waals surface area (Å²) in [4.78, 5) is -0.0486. The van der Waals surface area contributed by atoms with Crippen molar-refractivity contribution < 1.29 is 12.8 Å². The van der Waals surface area contributed by atoms with Crippen molar-refractivity contribution >= 4 is 33.2 Å². The molecule has 8 heteroatoms. The van der Waals surface area contributed by atoms with Crippen molar-refractivity contribution in [2.24, 2.45) is 5.73 Å². The summed E-state index contributed by atoms with van der Waals surface area (Å²) in [5.41, 5.74) is 6.73. The largest absolute Gasteiger partial charge is 0.472 e. The van der Waals surface area contributed by atoms with Gasteiger partial charge in [0.15, 0.2) is 0 Å². The number of benzene rings is 1. The number of hydrogen-bond acceptors (Lipinski definition) is 4. The molecule has 0 unspecified atom stereocenters. The SMILES string of the molecule is NCc1cc(S(=O)(=O)NCc2ccoc2)c(Cl)cc1Cl. The van der Waals surface area contributed by atoms with E-state index in [1.807, 2.05) is 0 Å². The van der Waals surface area contributed by atoms with Crippen LogP contribution in [0.15, 0.2) is 40.0 Å². The highest BCUT2D eigenvalue weighted by molar-refractivity contribution is 7.89. The van der Waals surface area contributed by atoms with Crippen LogP contribution in [0.1, 0.15) is 11.1 Å². The Morgan fingerprint density at radius 1 is 1.25 bits per heavy atom. The van der Waals surface area contributed by atoms with Crippen molar-refractivity contribution in [1.82, 2.24) is 4.72 Å². The van der Waals surface area contributed by atoms with Crippen molar-refractivity contribution in [3.63, 3.8) is 0 Å². The number of hydrogen-bond donors (Lipinski definition) is 2. The summed E-state index contributed by atoms with van der Waals surface area (Å²) in [6.45, 7) is 0.232. The average molecular weight is 335 g/mol. The summed E-state index contributed by atoms with van der Waals surface area (Å²) in [7, 11) is -3.75. The van der Waals surface area contributed by atoms with Crippen molar-refractivity contribution in [1.29, 1.82) is 0 Å². The maximum Gasteiger partial charge on any atom is 0.242 e. The van der Waals surface area contributed by atoms with E-state index < -0.39 is 10.0 Å². The first kappa shape index (κ1) is 15.3. The number of sulfonamides is 1. The summed E-state index contributed by atoms with van der Waals surface area (Å²) in [6.07, 6.45) is 2.92. The Morgan fingerprint density at radius 2 is 2.00 bits per heavy atom. The number of nitrogens with two attached hydrogens (primary N) is 1. The molecule has 5 nitrogen and oxygen atoms in total. The number of rotatable bonds is 5. The average Bonchev–Trinajstić information content (AvgIpc) is 2.89. The van der Waals surface area contributed by atoms with Gasteiger partial charge in [-0.25, -0.2) is 13.1 Å². The molecule has 0 atom stereocenters. The maximum atomic E-state index is 12.2. The first-order valence-corrected chi connectivity index (χ1v) is 7.86. The molecule has 0 radical (unpaired) electrons. The molecule has 1 heterocycles. The molecule has 0 saturated heterocycles. The zero-order valence-electron chi connectivity index (χ0n) is 10.3. The second-order valence-electron chi connectivity index (χ2n) is 4.03. The Bertz CT molecular complexity index is 700. The Morgan fingerprint density at radius 3 is 2.60 bits per heavy atom. The van der Waals surface area contributed by atoms with Crippen molar-refractivity contribution in [2.75, 3.05) is 0 Å². The van der Waals surface area contributed by atoms with Crippen LogP contribution in [0.5, 0.6) is 0 Å². The zero-order valence-corrected chi connectivity index (χ0v) is 12.6. The Hall–Kier alpha value is -1.05. The molecule has 0 aliphatic carbocycles. The van der Waals surface area contributed by atoms with Crippen molar-refractivity contribution in [2.45, 2.75) is 18.0 Å². The molecule has 3 N–H and O–H groups in total. The first-order chi connectivity index (χ1) is 9.44. The molecular weight excluding hydrogens is 323 g/mol. The van der Waals surface area contributed by atoms with Gasteiger partial charge in [0.1, 0.15) is 4.90 Å². The normalized spacial score (nSPS) is 11.8. The van der Waals surface area contributed by atoms with Crippen LogP contribution in [0.2, 0.25) is 10.0 Å². The Balaban J connectivity index is 2.29. The van der Waals surface area contributed by atoms with Gasteiger partial charge >= 0.3 is 0 Å². The van der Waals surface area contributed by atoms with Gasteiger partial charge < -0.3 is 10.2 Å². The van der Waals surface area contributed by atoms with Crippen LogP contribution in [0.3, 0.4) is 0 Å². The van der Waals surface area contributed by atoms with Gasteiger partial charge in [0.05, 0.1) is 17.5 Å². The third kappa shape index (κ3) is 3.34. The van der Waals surface area contributed by atoms with Gasteiger partial charge in [0, 0.05) is 23.7 Å². The highest BCUT2D eigenvalue weighted by atomic mass is 35.5. The summed E-state index contributed by atoms with van der Waals surface area (Å²) in [5, 5.41) is 0.387. The molecule has 1 aromatic carbocycles. The Kier molecular flexibility index (Phi) is 4.72. The maximum absolute atomic E-state index is 12.2. The van der Waals surface area contributed by atoms with E-state index in [2.05, 4.69) is 4.72 Å². The van der Waals surface area contributed by atoms with E-state index in [9.17, 15) is 8.42 Å². The van der Waals surface area contributed by atoms with E-state index in [0.717, 1.165) is 0 Å². The van der Waals surface area contributed by atoms with E-state index in [1.54, 1.807) is 6.07 Å². The van der Waals surface area contributed by atoms with E-state index in [0.29, 0.717) is 16.1 Å². The lowest BCUT2D eigenvalue weighted by Gasteiger charge is -2.10. The Labute approximate surface area is 126 Å². The number of nitrogens with one attached hydrogen (secondary N) is 1. The van der Waals surface area contributed by atoms with Gasteiger partial charge in [-0.1, -0.05) is 23.2 Å². The predicted molar refractivity (Wildman–Crippen MR) is 77.1 cm³/mol. The van der Waals surface area contributed by atoms with Crippen LogP contribution < -0.4 is 10.5 Å². The summed E-state index contributed by atoms with van der Waals surface area (Å²) >= 11 is 11.9. The van der Waals surface area contributed by atoms with Gasteiger partial charge in [0.25, 0.3) is 0 Å². The monoisotopic (exact) mass is 334 g/mol. The lowest BCUT2D eigenvalue weighted by Crippen LogP contribution is -2.23. The van der Waals surface area contributed by atoms with Crippen LogP contribution in [0.4, 0.5) is 0 Å². The van der Waals surface area contributed by atoms with Crippen LogP contribution in [0.25, 0.3) is 0 Å². The second kappa shape index (κ2) is 6.15. The quantitative estimate of drug-likeness (QED) is 0.879. The minimum absolute atomic E-state index is 0.0480. The topological polar surface area (TPSA) is 85.3 Å². The lowest BCUT2D eigenvalue weighted by atomic mass is 10.2. The molecule has 0 saturated carbocycles. The molecule has 20 heavy (non-hydrogen) atoms. The van der Waals surface area contributed by atoms with E-state index in [1.165, 1.54) is 24.7 Å². The highest BCUT2D eigenvalue weighted by Crippen LogP contribution is 2.28. The molecule has 0 bridgehead atoms. The van der Waals surface area contributed by atoms with Gasteiger partial charge in [-0.15, -0.1) is 0 Å². The zero-order chi connectivity index (χ0) is 14.8. The molecule has 0 fully saturated rings. The van der Waals surface area contributed by atoms with Crippen molar-refractivity contribution in [3.05, 3.63) is 51.9 Å². The summed E-state index contributed by atoms with van der Waals surface area (Å²) in [5.74, 6) is 0. The molecule has 1 aromatic heterocycles. The molecule has 0 spiro atoms. The minimum Gasteiger partial charge on any atom is -0.472 e. The summed E-state index contributed by atoms with van der Waals surface area (Å²) in [6, 6.07) is 4.41. The number of furan rings is 1. The first-order valence-electron chi connectivity index (χ1n) is 5.63. The molecule has 2 rings (SSSR count). The van der Waals surface area contributed by atoms with E-state index in [-0.39, 0.29) is 23.0 Å². The lowest BCUT2D eigenvalue weighted by molar-refractivity contribution is 0.561. The molecule has 0 aliphatic heterocycles. The molecular formula is C12H12Cl2N2O3S. The van der Waals surface area contributed by atoms with Crippen LogP contribution in [0, 0.1) is 0 Å². The van der Waals surface area contributed by atoms with Gasteiger partial charge in [0.2, 0.25) is 10.0 Å². The summed E-state index contributed by atoms with van der Waals surface area (Å²) < 4.78 is 31.7. The predicted octanol–water partition coefficient (Wildman–Crippen LogP) is 2.52. The smallest absolute Gasteiger partial charge is 0.242 e. The van der Waals surface area contributed by atoms with E-state index in [4.69, 9.17) is 33.4 Å². The molecule has 0 amide bonds. The third-order valence-corrected chi connectivity index (χ3v) is 4.87. The number of halogens is 2. The van der Waals surface area contributed by atoms with Crippen LogP contribution >= 0.6 is 23.2 Å².